The van der Waals surface area contributed by atoms with Gasteiger partial charge in [0.15, 0.2) is 5.75 Å². The van der Waals surface area contributed by atoms with Crippen molar-refractivity contribution in [1.82, 2.24) is 0 Å². The standard InChI is InChI=1S/C10H8F3NO4S/c11-10(12,13)19(16,17)18-7-3-1-2-6-4-5-8(15)14-9(6)7/h1-3H,4-5H2,(H,14,15). The molecule has 0 unspecified atom stereocenters. The van der Waals surface area contributed by atoms with Crippen LogP contribution in [0.1, 0.15) is 12.0 Å². The minimum atomic E-state index is -5.75. The lowest BCUT2D eigenvalue weighted by atomic mass is 10.0. The van der Waals surface area contributed by atoms with Gasteiger partial charge < -0.3 is 9.50 Å². The molecule has 0 aliphatic carbocycles. The Labute approximate surface area is 106 Å². The molecule has 0 atom stereocenters. The van der Waals surface area contributed by atoms with E-state index in [1.165, 1.54) is 6.07 Å². The normalized spacial score (nSPS) is 15.6. The third kappa shape index (κ3) is 2.65. The number of carbonyl (C=O) groups excluding carboxylic acids is 1. The number of hydrogen-bond donors (Lipinski definition) is 1. The van der Waals surface area contributed by atoms with Crippen molar-refractivity contribution in [3.8, 4) is 5.75 Å². The monoisotopic (exact) mass is 295 g/mol. The molecule has 1 heterocycles. The average molecular weight is 295 g/mol. The van der Waals surface area contributed by atoms with Gasteiger partial charge in [-0.15, -0.1) is 0 Å². The summed E-state index contributed by atoms with van der Waals surface area (Å²) in [5, 5.41) is 2.31. The van der Waals surface area contributed by atoms with E-state index < -0.39 is 27.3 Å². The van der Waals surface area contributed by atoms with Gasteiger partial charge in [0.25, 0.3) is 0 Å². The van der Waals surface area contributed by atoms with Gasteiger partial charge in [-0.3, -0.25) is 4.79 Å². The molecule has 1 aromatic rings. The molecule has 1 amide bonds. The number of hydrogen-bond acceptors (Lipinski definition) is 4. The highest BCUT2D eigenvalue weighted by molar-refractivity contribution is 7.88. The summed E-state index contributed by atoms with van der Waals surface area (Å²) >= 11 is 0. The second-order valence-electron chi connectivity index (χ2n) is 3.82. The van der Waals surface area contributed by atoms with Crippen LogP contribution in [0.2, 0.25) is 0 Å². The number of rotatable bonds is 2. The number of halogens is 3. The molecule has 0 radical (unpaired) electrons. The van der Waals surface area contributed by atoms with E-state index in [1.54, 1.807) is 6.07 Å². The van der Waals surface area contributed by atoms with E-state index in [0.29, 0.717) is 12.0 Å². The van der Waals surface area contributed by atoms with Crippen molar-refractivity contribution in [1.29, 1.82) is 0 Å². The van der Waals surface area contributed by atoms with Crippen molar-refractivity contribution in [2.45, 2.75) is 18.3 Å². The predicted molar refractivity (Wildman–Crippen MR) is 59.0 cm³/mol. The summed E-state index contributed by atoms with van der Waals surface area (Å²) in [5.74, 6) is -0.948. The Morgan fingerprint density at radius 1 is 1.21 bits per heavy atom. The Bertz CT molecular complexity index is 624. The molecule has 1 aliphatic rings. The Morgan fingerprint density at radius 2 is 1.89 bits per heavy atom. The third-order valence-electron chi connectivity index (χ3n) is 2.48. The molecule has 2 rings (SSSR count). The fraction of sp³-hybridized carbons (Fsp3) is 0.300. The van der Waals surface area contributed by atoms with Gasteiger partial charge in [0.2, 0.25) is 5.91 Å². The lowest BCUT2D eigenvalue weighted by Crippen LogP contribution is -2.29. The molecule has 19 heavy (non-hydrogen) atoms. The van der Waals surface area contributed by atoms with Crippen molar-refractivity contribution < 1.29 is 30.6 Å². The average Bonchev–Trinajstić information content (AvgIpc) is 2.28. The Morgan fingerprint density at radius 3 is 2.53 bits per heavy atom. The molecular weight excluding hydrogens is 287 g/mol. The SMILES string of the molecule is O=C1CCc2cccc(OS(=O)(=O)C(F)(F)F)c2N1. The number of fused-ring (bicyclic) bond motifs is 1. The molecule has 0 fully saturated rings. The molecule has 0 aromatic heterocycles. The maximum absolute atomic E-state index is 12.2. The zero-order valence-corrected chi connectivity index (χ0v) is 10.1. The largest absolute Gasteiger partial charge is 0.534 e. The summed E-state index contributed by atoms with van der Waals surface area (Å²) < 4.78 is 62.6. The fourth-order valence-corrected chi connectivity index (χ4v) is 2.08. The van der Waals surface area contributed by atoms with Gasteiger partial charge >= 0.3 is 15.6 Å². The van der Waals surface area contributed by atoms with Crippen LogP contribution in [0.15, 0.2) is 18.2 Å². The molecule has 0 spiro atoms. The van der Waals surface area contributed by atoms with Gasteiger partial charge in [-0.1, -0.05) is 12.1 Å². The van der Waals surface area contributed by atoms with Gasteiger partial charge in [0.05, 0.1) is 5.69 Å². The first-order chi connectivity index (χ1) is 8.71. The highest BCUT2D eigenvalue weighted by Crippen LogP contribution is 2.35. The third-order valence-corrected chi connectivity index (χ3v) is 3.45. The van der Waals surface area contributed by atoms with E-state index in [0.717, 1.165) is 6.07 Å². The Kier molecular flexibility index (Phi) is 3.17. The number of alkyl halides is 3. The summed E-state index contributed by atoms with van der Waals surface area (Å²) in [6.45, 7) is 0. The predicted octanol–water partition coefficient (Wildman–Crippen LogP) is 1.80. The van der Waals surface area contributed by atoms with Crippen LogP contribution >= 0.6 is 0 Å². The zero-order valence-electron chi connectivity index (χ0n) is 9.32. The van der Waals surface area contributed by atoms with Crippen LogP contribution in [0, 0.1) is 0 Å². The summed E-state index contributed by atoms with van der Waals surface area (Å²) in [5.41, 5.74) is -5.03. The zero-order chi connectivity index (χ0) is 14.3. The number of nitrogens with one attached hydrogen (secondary N) is 1. The summed E-state index contributed by atoms with van der Waals surface area (Å²) in [6, 6.07) is 3.98. The first kappa shape index (κ1) is 13.7. The van der Waals surface area contributed by atoms with Gasteiger partial charge in [0, 0.05) is 6.42 Å². The molecule has 0 saturated carbocycles. The molecule has 104 valence electrons. The highest BCUT2D eigenvalue weighted by atomic mass is 32.2. The molecule has 5 nitrogen and oxygen atoms in total. The van der Waals surface area contributed by atoms with E-state index in [9.17, 15) is 26.4 Å². The van der Waals surface area contributed by atoms with Gasteiger partial charge in [-0.05, 0) is 18.1 Å². The number of benzene rings is 1. The van der Waals surface area contributed by atoms with Crippen molar-refractivity contribution in [2.24, 2.45) is 0 Å². The number of carbonyl (C=O) groups is 1. The van der Waals surface area contributed by atoms with Crippen molar-refractivity contribution in [3.05, 3.63) is 23.8 Å². The first-order valence-electron chi connectivity index (χ1n) is 5.13. The molecule has 0 bridgehead atoms. The van der Waals surface area contributed by atoms with Crippen molar-refractivity contribution in [3.63, 3.8) is 0 Å². The van der Waals surface area contributed by atoms with E-state index in [1.807, 2.05) is 0 Å². The molecule has 1 aromatic carbocycles. The maximum Gasteiger partial charge on any atom is 0.534 e. The van der Waals surface area contributed by atoms with E-state index in [-0.39, 0.29) is 12.1 Å². The van der Waals surface area contributed by atoms with Crippen LogP contribution in [0.4, 0.5) is 18.9 Å². The minimum absolute atomic E-state index is 0.0356. The van der Waals surface area contributed by atoms with Crippen molar-refractivity contribution >= 4 is 21.7 Å². The number of aryl methyl sites for hydroxylation is 1. The quantitative estimate of drug-likeness (QED) is 0.667. The number of amides is 1. The Hall–Kier alpha value is -1.77. The van der Waals surface area contributed by atoms with Crippen LogP contribution in [0.3, 0.4) is 0 Å². The molecular formula is C10H8F3NO4S. The molecule has 1 N–H and O–H groups in total. The summed E-state index contributed by atoms with van der Waals surface area (Å²) in [7, 11) is -5.75. The van der Waals surface area contributed by atoms with E-state index >= 15 is 0 Å². The van der Waals surface area contributed by atoms with E-state index in [4.69, 9.17) is 0 Å². The number of para-hydroxylation sites is 1. The van der Waals surface area contributed by atoms with E-state index in [2.05, 4.69) is 9.50 Å². The molecule has 9 heteroatoms. The van der Waals surface area contributed by atoms with Gasteiger partial charge in [-0.25, -0.2) is 0 Å². The van der Waals surface area contributed by atoms with Gasteiger partial charge in [0.1, 0.15) is 0 Å². The topological polar surface area (TPSA) is 72.5 Å². The lowest BCUT2D eigenvalue weighted by Gasteiger charge is -2.20. The van der Waals surface area contributed by atoms with Crippen LogP contribution in [-0.4, -0.2) is 19.8 Å². The lowest BCUT2D eigenvalue weighted by molar-refractivity contribution is -0.116. The second-order valence-corrected chi connectivity index (χ2v) is 5.36. The van der Waals surface area contributed by atoms with Crippen LogP contribution in [0.5, 0.6) is 5.75 Å². The second kappa shape index (κ2) is 4.41. The first-order valence-corrected chi connectivity index (χ1v) is 6.54. The molecule has 0 saturated heterocycles. The number of anilines is 1. The summed E-state index contributed by atoms with van der Waals surface area (Å²) in [4.78, 5) is 11.2. The van der Waals surface area contributed by atoms with Crippen LogP contribution < -0.4 is 9.50 Å². The van der Waals surface area contributed by atoms with Crippen molar-refractivity contribution in [2.75, 3.05) is 5.32 Å². The maximum atomic E-state index is 12.2. The molecule has 1 aliphatic heterocycles. The summed E-state index contributed by atoms with van der Waals surface area (Å²) in [6.07, 6.45) is 0.493. The highest BCUT2D eigenvalue weighted by Gasteiger charge is 2.49. The van der Waals surface area contributed by atoms with Gasteiger partial charge in [-0.2, -0.15) is 21.6 Å². The Balaban J connectivity index is 2.40. The fourth-order valence-electron chi connectivity index (χ4n) is 1.61. The smallest absolute Gasteiger partial charge is 0.374 e. The minimum Gasteiger partial charge on any atom is -0.374 e. The van der Waals surface area contributed by atoms with Crippen LogP contribution in [0.25, 0.3) is 0 Å². The van der Waals surface area contributed by atoms with Crippen LogP contribution in [-0.2, 0) is 21.3 Å².